The number of ether oxygens (including phenoxy) is 1. The third kappa shape index (κ3) is 7.77. The lowest BCUT2D eigenvalue weighted by Gasteiger charge is -2.36. The van der Waals surface area contributed by atoms with Gasteiger partial charge in [0.2, 0.25) is 22.0 Å². The molecule has 1 saturated heterocycles. The molecule has 1 aromatic rings. The molecule has 2 heterocycles. The Labute approximate surface area is 187 Å². The summed E-state index contributed by atoms with van der Waals surface area (Å²) in [5.74, 6) is -1.10. The second-order valence-electron chi connectivity index (χ2n) is 8.24. The van der Waals surface area contributed by atoms with Gasteiger partial charge in [0.1, 0.15) is 11.6 Å². The summed E-state index contributed by atoms with van der Waals surface area (Å²) in [5, 5.41) is 9.69. The number of hydrogen-bond acceptors (Lipinski definition) is 7. The maximum Gasteiger partial charge on any atom is 0.445 e. The van der Waals surface area contributed by atoms with E-state index in [9.17, 15) is 27.6 Å². The molecule has 9 nitrogen and oxygen atoms in total. The first kappa shape index (κ1) is 25.6. The van der Waals surface area contributed by atoms with Crippen molar-refractivity contribution in [2.75, 3.05) is 11.9 Å². The number of anilines is 1. The number of hydrogen-bond donors (Lipinski definition) is 2. The first-order valence-electron chi connectivity index (χ1n) is 9.96. The highest BCUT2D eigenvalue weighted by Gasteiger charge is 2.36. The molecule has 0 bridgehead atoms. The van der Waals surface area contributed by atoms with Gasteiger partial charge in [0.15, 0.2) is 0 Å². The van der Waals surface area contributed by atoms with Gasteiger partial charge in [0.25, 0.3) is 0 Å². The lowest BCUT2D eigenvalue weighted by Crippen LogP contribution is -2.54. The summed E-state index contributed by atoms with van der Waals surface area (Å²) in [6.45, 7) is 7.26. The Morgan fingerprint density at radius 1 is 1.22 bits per heavy atom. The van der Waals surface area contributed by atoms with Crippen LogP contribution in [0.4, 0.5) is 23.1 Å². The Bertz CT molecular complexity index is 866. The molecule has 13 heteroatoms. The molecule has 1 aliphatic heterocycles. The highest BCUT2D eigenvalue weighted by Crippen LogP contribution is 2.32. The van der Waals surface area contributed by atoms with Crippen molar-refractivity contribution in [1.82, 2.24) is 20.4 Å². The number of nitrogens with one attached hydrogen (secondary N) is 2. The monoisotopic (exact) mass is 477 g/mol. The number of carbonyl (C=O) groups excluding carboxylic acids is 3. The standard InChI is InChI=1S/C19H26F3N5O4S/c1-11(8-9-13(28)24-16-26-25-15(32-16)19(20,21)22)23-14(29)12-7-5-6-10-27(12)17(30)31-18(2,3)4/h8-9,11-12H,5-7,10H2,1-4H3,(H,23,29)(H,24,26,28). The predicted octanol–water partition coefficient (Wildman–Crippen LogP) is 3.35. The van der Waals surface area contributed by atoms with Crippen LogP contribution in [0.3, 0.4) is 0 Å². The molecule has 0 aliphatic carbocycles. The Morgan fingerprint density at radius 3 is 2.50 bits per heavy atom. The van der Waals surface area contributed by atoms with Crippen LogP contribution < -0.4 is 10.6 Å². The fraction of sp³-hybridized carbons (Fsp3) is 0.632. The molecule has 178 valence electrons. The van der Waals surface area contributed by atoms with Gasteiger partial charge in [-0.05, 0) is 47.0 Å². The zero-order valence-electron chi connectivity index (χ0n) is 18.2. The van der Waals surface area contributed by atoms with Gasteiger partial charge >= 0.3 is 12.3 Å². The highest BCUT2D eigenvalue weighted by atomic mass is 32.1. The van der Waals surface area contributed by atoms with E-state index >= 15 is 0 Å². The zero-order chi connectivity index (χ0) is 24.1. The third-order valence-electron chi connectivity index (χ3n) is 4.24. The smallest absolute Gasteiger partial charge is 0.444 e. The lowest BCUT2D eigenvalue weighted by molar-refractivity contribution is -0.138. The van der Waals surface area contributed by atoms with Gasteiger partial charge in [-0.1, -0.05) is 17.4 Å². The molecule has 1 aromatic heterocycles. The molecular weight excluding hydrogens is 451 g/mol. The second-order valence-corrected chi connectivity index (χ2v) is 9.22. The van der Waals surface area contributed by atoms with Crippen molar-refractivity contribution in [2.24, 2.45) is 0 Å². The highest BCUT2D eigenvalue weighted by molar-refractivity contribution is 7.15. The minimum Gasteiger partial charge on any atom is -0.444 e. The van der Waals surface area contributed by atoms with Crippen LogP contribution in [0.1, 0.15) is 52.0 Å². The van der Waals surface area contributed by atoms with Gasteiger partial charge in [-0.15, -0.1) is 10.2 Å². The molecular formula is C19H26F3N5O4S. The number of rotatable bonds is 5. The van der Waals surface area contributed by atoms with Crippen LogP contribution in [0.5, 0.6) is 0 Å². The number of nitrogens with zero attached hydrogens (tertiary/aromatic N) is 3. The van der Waals surface area contributed by atoms with E-state index in [1.807, 2.05) is 0 Å². The molecule has 2 unspecified atom stereocenters. The van der Waals surface area contributed by atoms with Crippen LogP contribution in [0.25, 0.3) is 0 Å². The van der Waals surface area contributed by atoms with Crippen molar-refractivity contribution >= 4 is 34.4 Å². The predicted molar refractivity (Wildman–Crippen MR) is 111 cm³/mol. The van der Waals surface area contributed by atoms with E-state index in [4.69, 9.17) is 4.74 Å². The first-order chi connectivity index (χ1) is 14.8. The van der Waals surface area contributed by atoms with Crippen molar-refractivity contribution in [2.45, 2.75) is 70.8 Å². The van der Waals surface area contributed by atoms with E-state index < -0.39 is 40.9 Å². The number of aromatic nitrogens is 2. The number of likely N-dealkylation sites (tertiary alicyclic amines) is 1. The van der Waals surface area contributed by atoms with Gasteiger partial charge < -0.3 is 10.1 Å². The van der Waals surface area contributed by atoms with Gasteiger partial charge in [0, 0.05) is 18.7 Å². The molecule has 0 aromatic carbocycles. The number of carbonyl (C=O) groups is 3. The molecule has 32 heavy (non-hydrogen) atoms. The van der Waals surface area contributed by atoms with Crippen LogP contribution in [-0.2, 0) is 20.5 Å². The van der Waals surface area contributed by atoms with E-state index in [-0.39, 0.29) is 22.4 Å². The number of halogens is 3. The van der Waals surface area contributed by atoms with Crippen LogP contribution in [0.15, 0.2) is 12.2 Å². The molecule has 0 radical (unpaired) electrons. The average Bonchev–Trinajstić information content (AvgIpc) is 3.14. The van der Waals surface area contributed by atoms with E-state index in [0.717, 1.165) is 18.9 Å². The van der Waals surface area contributed by atoms with Gasteiger partial charge in [-0.3, -0.25) is 19.8 Å². The Balaban J connectivity index is 1.91. The zero-order valence-corrected chi connectivity index (χ0v) is 19.0. The van der Waals surface area contributed by atoms with Gasteiger partial charge in [-0.25, -0.2) is 4.79 Å². The van der Waals surface area contributed by atoms with Gasteiger partial charge in [-0.2, -0.15) is 13.2 Å². The molecule has 0 saturated carbocycles. The minimum absolute atomic E-state index is 0.206. The van der Waals surface area contributed by atoms with Crippen molar-refractivity contribution in [3.05, 3.63) is 17.2 Å². The van der Waals surface area contributed by atoms with Crippen molar-refractivity contribution < 1.29 is 32.3 Å². The van der Waals surface area contributed by atoms with Crippen LogP contribution >= 0.6 is 11.3 Å². The Kier molecular flexibility index (Phi) is 8.21. The molecule has 2 N–H and O–H groups in total. The Morgan fingerprint density at radius 2 is 1.91 bits per heavy atom. The fourth-order valence-corrected chi connectivity index (χ4v) is 3.49. The third-order valence-corrected chi connectivity index (χ3v) is 5.12. The van der Waals surface area contributed by atoms with E-state index in [1.54, 1.807) is 27.7 Å². The molecule has 1 aliphatic rings. The quantitative estimate of drug-likeness (QED) is 0.629. The SMILES string of the molecule is CC(C=CC(=O)Nc1nnc(C(F)(F)F)s1)NC(=O)C1CCCCN1C(=O)OC(C)(C)C. The number of amides is 3. The lowest BCUT2D eigenvalue weighted by atomic mass is 10.0. The summed E-state index contributed by atoms with van der Waals surface area (Å²) in [6.07, 6.45) is -0.713. The van der Waals surface area contributed by atoms with Crippen LogP contribution in [-0.4, -0.2) is 57.2 Å². The van der Waals surface area contributed by atoms with E-state index in [1.165, 1.54) is 11.0 Å². The van der Waals surface area contributed by atoms with Crippen LogP contribution in [0.2, 0.25) is 0 Å². The van der Waals surface area contributed by atoms with Crippen molar-refractivity contribution in [3.63, 3.8) is 0 Å². The molecule has 2 atom stereocenters. The summed E-state index contributed by atoms with van der Waals surface area (Å²) < 4.78 is 43.0. The minimum atomic E-state index is -4.64. The number of alkyl halides is 3. The second kappa shape index (κ2) is 10.3. The topological polar surface area (TPSA) is 114 Å². The maximum absolute atomic E-state index is 12.7. The van der Waals surface area contributed by atoms with Crippen molar-refractivity contribution in [3.8, 4) is 0 Å². The summed E-state index contributed by atoms with van der Waals surface area (Å²) in [6, 6.07) is -1.26. The number of piperidine rings is 1. The molecule has 1 fully saturated rings. The largest absolute Gasteiger partial charge is 0.445 e. The summed E-state index contributed by atoms with van der Waals surface area (Å²) in [7, 11) is 0. The average molecular weight is 478 g/mol. The Hall–Kier alpha value is -2.70. The van der Waals surface area contributed by atoms with Crippen LogP contribution in [0, 0.1) is 0 Å². The van der Waals surface area contributed by atoms with E-state index in [2.05, 4.69) is 20.8 Å². The van der Waals surface area contributed by atoms with E-state index in [0.29, 0.717) is 13.0 Å². The maximum atomic E-state index is 12.7. The summed E-state index contributed by atoms with van der Waals surface area (Å²) in [4.78, 5) is 38.5. The normalized spacial score (nSPS) is 18.3. The molecule has 2 rings (SSSR count). The molecule has 0 spiro atoms. The molecule has 3 amide bonds. The fourth-order valence-electron chi connectivity index (χ4n) is 2.88. The summed E-state index contributed by atoms with van der Waals surface area (Å²) >= 11 is 0.206. The summed E-state index contributed by atoms with van der Waals surface area (Å²) in [5.41, 5.74) is -0.688. The van der Waals surface area contributed by atoms with Crippen molar-refractivity contribution in [1.29, 1.82) is 0 Å². The first-order valence-corrected chi connectivity index (χ1v) is 10.8. The van der Waals surface area contributed by atoms with Gasteiger partial charge in [0.05, 0.1) is 0 Å².